The average molecular weight is 402 g/mol. The van der Waals surface area contributed by atoms with Crippen LogP contribution in [0, 0.1) is 0 Å². The number of oxazole rings is 1. The van der Waals surface area contributed by atoms with Crippen LogP contribution in [-0.2, 0) is 11.2 Å². The van der Waals surface area contributed by atoms with Crippen molar-refractivity contribution in [2.24, 2.45) is 0 Å². The Morgan fingerprint density at radius 2 is 1.86 bits per heavy atom. The number of halogens is 1. The lowest BCUT2D eigenvalue weighted by Gasteiger charge is -2.16. The van der Waals surface area contributed by atoms with Crippen LogP contribution in [-0.4, -0.2) is 55.5 Å². The van der Waals surface area contributed by atoms with Gasteiger partial charge in [-0.25, -0.2) is 0 Å². The summed E-state index contributed by atoms with van der Waals surface area (Å²) in [6.45, 7) is 1.13. The second-order valence-corrected chi connectivity index (χ2v) is 7.31. The molecule has 0 radical (unpaired) electrons. The number of carbonyl (C=O) groups excluding carboxylic acids is 1. The van der Waals surface area contributed by atoms with E-state index in [4.69, 9.17) is 20.8 Å². The Morgan fingerprint density at radius 3 is 2.54 bits per heavy atom. The molecule has 0 bridgehead atoms. The van der Waals surface area contributed by atoms with Crippen molar-refractivity contribution in [2.75, 3.05) is 39.2 Å². The third-order valence-electron chi connectivity index (χ3n) is 4.35. The molecule has 1 atom stereocenters. The summed E-state index contributed by atoms with van der Waals surface area (Å²) < 4.78 is 11.5. The molecule has 148 valence electrons. The molecule has 6 nitrogen and oxygen atoms in total. The van der Waals surface area contributed by atoms with Crippen molar-refractivity contribution in [1.82, 2.24) is 9.88 Å². The molecule has 3 rings (SSSR count). The van der Waals surface area contributed by atoms with E-state index in [2.05, 4.69) is 4.98 Å². The predicted octanol–water partition coefficient (Wildman–Crippen LogP) is 3.58. The summed E-state index contributed by atoms with van der Waals surface area (Å²) in [4.78, 5) is 19.7. The number of hydrogen-bond donors (Lipinski definition) is 0. The van der Waals surface area contributed by atoms with Crippen molar-refractivity contribution in [3.63, 3.8) is 0 Å². The molecule has 2 aromatic carbocycles. The molecule has 0 spiro atoms. The summed E-state index contributed by atoms with van der Waals surface area (Å²) in [6, 6.07) is 15.9. The third kappa shape index (κ3) is 4.95. The predicted molar refractivity (Wildman–Crippen MR) is 111 cm³/mol. The summed E-state index contributed by atoms with van der Waals surface area (Å²) in [5.74, 6) is 0.670. The first-order valence-electron chi connectivity index (χ1n) is 9.07. The van der Waals surface area contributed by atoms with Crippen LogP contribution in [0.25, 0.3) is 11.1 Å². The van der Waals surface area contributed by atoms with Gasteiger partial charge in [0, 0.05) is 21.1 Å². The number of carbonyl (C=O) groups is 1. The fourth-order valence-corrected chi connectivity index (χ4v) is 3.09. The summed E-state index contributed by atoms with van der Waals surface area (Å²) >= 11 is 6.16. The van der Waals surface area contributed by atoms with Crippen molar-refractivity contribution in [1.29, 1.82) is 0 Å². The van der Waals surface area contributed by atoms with E-state index in [1.54, 1.807) is 14.1 Å². The molecule has 1 unspecified atom stereocenters. The van der Waals surface area contributed by atoms with Gasteiger partial charge in [-0.15, -0.1) is 11.6 Å². The number of likely N-dealkylation sites (N-methyl/N-ethyl adjacent to an activating group) is 1. The lowest BCUT2D eigenvalue weighted by atomic mass is 10.1. The Morgan fingerprint density at radius 1 is 1.14 bits per heavy atom. The molecule has 28 heavy (non-hydrogen) atoms. The number of fused-ring (bicyclic) bond motifs is 1. The number of anilines is 1. The number of aromatic nitrogens is 1. The monoisotopic (exact) mass is 401 g/mol. The maximum atomic E-state index is 11.8. The van der Waals surface area contributed by atoms with Crippen molar-refractivity contribution >= 4 is 34.6 Å². The molecule has 0 saturated carbocycles. The molecule has 0 saturated heterocycles. The molecular formula is C21H24ClN3O3. The lowest BCUT2D eigenvalue weighted by Crippen LogP contribution is -2.31. The largest absolute Gasteiger partial charge is 0.492 e. The quantitative estimate of drug-likeness (QED) is 0.540. The molecule has 1 amide bonds. The van der Waals surface area contributed by atoms with E-state index in [-0.39, 0.29) is 5.91 Å². The standard InChI is InChI=1S/C21H24ClN3O3/c1-24(2)20(26)17(22)14-15-8-10-16(11-9-15)27-13-12-25(3)21-23-18-6-4-5-7-19(18)28-21/h4-11,17H,12-14H2,1-3H3. The van der Waals surface area contributed by atoms with Crippen molar-refractivity contribution in [3.8, 4) is 5.75 Å². The molecule has 0 aliphatic rings. The number of alkyl halides is 1. The Kier molecular flexibility index (Phi) is 6.41. The number of nitrogens with zero attached hydrogens (tertiary/aromatic N) is 3. The van der Waals surface area contributed by atoms with Crippen molar-refractivity contribution in [2.45, 2.75) is 11.8 Å². The highest BCUT2D eigenvalue weighted by atomic mass is 35.5. The van der Waals surface area contributed by atoms with Crippen LogP contribution in [0.2, 0.25) is 0 Å². The van der Waals surface area contributed by atoms with Gasteiger partial charge in [-0.05, 0) is 36.2 Å². The number of para-hydroxylation sites is 2. The van der Waals surface area contributed by atoms with Gasteiger partial charge in [0.05, 0.1) is 6.54 Å². The summed E-state index contributed by atoms with van der Waals surface area (Å²) in [5.41, 5.74) is 2.60. The normalized spacial score (nSPS) is 12.0. The van der Waals surface area contributed by atoms with E-state index >= 15 is 0 Å². The fraction of sp³-hybridized carbons (Fsp3) is 0.333. The van der Waals surface area contributed by atoms with E-state index < -0.39 is 5.38 Å². The number of ether oxygens (including phenoxy) is 1. The van der Waals surface area contributed by atoms with Gasteiger partial charge in [-0.1, -0.05) is 24.3 Å². The van der Waals surface area contributed by atoms with Crippen molar-refractivity contribution < 1.29 is 13.9 Å². The smallest absolute Gasteiger partial charge is 0.298 e. The van der Waals surface area contributed by atoms with Crippen LogP contribution in [0.15, 0.2) is 52.9 Å². The zero-order chi connectivity index (χ0) is 20.1. The number of hydrogen-bond acceptors (Lipinski definition) is 5. The Balaban J connectivity index is 1.48. The van der Waals surface area contributed by atoms with Gasteiger partial charge < -0.3 is 19.0 Å². The van der Waals surface area contributed by atoms with E-state index in [1.165, 1.54) is 4.90 Å². The molecule has 3 aromatic rings. The second kappa shape index (κ2) is 8.97. The van der Waals surface area contributed by atoms with Gasteiger partial charge in [0.1, 0.15) is 23.3 Å². The molecule has 0 aliphatic carbocycles. The van der Waals surface area contributed by atoms with Crippen LogP contribution >= 0.6 is 11.6 Å². The first kappa shape index (κ1) is 20.0. The Bertz CT molecular complexity index is 891. The molecular weight excluding hydrogens is 378 g/mol. The molecule has 1 heterocycles. The maximum absolute atomic E-state index is 11.8. The number of benzene rings is 2. The van der Waals surface area contributed by atoms with Gasteiger partial charge in [-0.2, -0.15) is 4.98 Å². The minimum absolute atomic E-state index is 0.0933. The summed E-state index contributed by atoms with van der Waals surface area (Å²) in [6.07, 6.45) is 0.485. The van der Waals surface area contributed by atoms with Gasteiger partial charge in [0.15, 0.2) is 5.58 Å². The summed E-state index contributed by atoms with van der Waals surface area (Å²) in [7, 11) is 5.32. The van der Waals surface area contributed by atoms with Crippen LogP contribution in [0.5, 0.6) is 5.75 Å². The molecule has 7 heteroatoms. The first-order chi connectivity index (χ1) is 13.4. The van der Waals surface area contributed by atoms with Crippen molar-refractivity contribution in [3.05, 3.63) is 54.1 Å². The topological polar surface area (TPSA) is 58.8 Å². The Hall–Kier alpha value is -2.73. The number of rotatable bonds is 8. The van der Waals surface area contributed by atoms with E-state index in [1.807, 2.05) is 60.5 Å². The highest BCUT2D eigenvalue weighted by Gasteiger charge is 2.17. The fourth-order valence-electron chi connectivity index (χ4n) is 2.72. The molecule has 0 aliphatic heterocycles. The third-order valence-corrected chi connectivity index (χ3v) is 4.69. The SMILES string of the molecule is CN(C)C(=O)C(Cl)Cc1ccc(OCCN(C)c2nc3ccccc3o2)cc1. The van der Waals surface area contributed by atoms with Crippen LogP contribution in [0.4, 0.5) is 6.01 Å². The summed E-state index contributed by atoms with van der Waals surface area (Å²) in [5, 5.41) is -0.563. The minimum Gasteiger partial charge on any atom is -0.492 e. The molecule has 0 fully saturated rings. The highest BCUT2D eigenvalue weighted by molar-refractivity contribution is 6.30. The highest BCUT2D eigenvalue weighted by Crippen LogP contribution is 2.21. The second-order valence-electron chi connectivity index (χ2n) is 6.78. The maximum Gasteiger partial charge on any atom is 0.298 e. The van der Waals surface area contributed by atoms with Crippen LogP contribution in [0.1, 0.15) is 5.56 Å². The Labute approximate surface area is 169 Å². The average Bonchev–Trinajstić information content (AvgIpc) is 3.13. The van der Waals surface area contributed by atoms with E-state index in [0.717, 1.165) is 22.4 Å². The van der Waals surface area contributed by atoms with E-state index in [0.29, 0.717) is 25.6 Å². The van der Waals surface area contributed by atoms with Gasteiger partial charge in [0.2, 0.25) is 5.91 Å². The van der Waals surface area contributed by atoms with Gasteiger partial charge in [0.25, 0.3) is 6.01 Å². The van der Waals surface area contributed by atoms with Gasteiger partial charge in [-0.3, -0.25) is 4.79 Å². The molecule has 1 aromatic heterocycles. The zero-order valence-corrected chi connectivity index (χ0v) is 17.0. The minimum atomic E-state index is -0.563. The number of amides is 1. The lowest BCUT2D eigenvalue weighted by molar-refractivity contribution is -0.128. The zero-order valence-electron chi connectivity index (χ0n) is 16.3. The molecule has 0 N–H and O–H groups in total. The van der Waals surface area contributed by atoms with Crippen LogP contribution < -0.4 is 9.64 Å². The van der Waals surface area contributed by atoms with Crippen LogP contribution in [0.3, 0.4) is 0 Å². The van der Waals surface area contributed by atoms with E-state index in [9.17, 15) is 4.79 Å². The van der Waals surface area contributed by atoms with Gasteiger partial charge >= 0.3 is 0 Å². The first-order valence-corrected chi connectivity index (χ1v) is 9.51.